The van der Waals surface area contributed by atoms with Crippen LogP contribution in [0.25, 0.3) is 133 Å². The first kappa shape index (κ1) is 45.3. The lowest BCUT2D eigenvalue weighted by atomic mass is 9.67. The van der Waals surface area contributed by atoms with Crippen molar-refractivity contribution < 1.29 is 0 Å². The van der Waals surface area contributed by atoms with E-state index in [2.05, 4.69) is 280 Å². The molecule has 0 radical (unpaired) electrons. The normalized spacial score (nSPS) is 15.3. The lowest BCUT2D eigenvalue weighted by Crippen LogP contribution is -2.26. The molecule has 0 amide bonds. The van der Waals surface area contributed by atoms with Crippen molar-refractivity contribution in [3.05, 3.63) is 312 Å². The van der Waals surface area contributed by atoms with E-state index in [4.69, 9.17) is 6.58 Å². The number of hydrogen-bond acceptors (Lipinski definition) is 0. The smallest absolute Gasteiger partial charge is 0.0212 e. The second kappa shape index (κ2) is 17.9. The molecule has 0 saturated heterocycles. The van der Waals surface area contributed by atoms with E-state index in [1.165, 1.54) is 155 Å². The molecular weight excluding hydrogens is 949 g/mol. The highest BCUT2D eigenvalue weighted by atomic mass is 14.5. The van der Waals surface area contributed by atoms with Crippen molar-refractivity contribution in [3.63, 3.8) is 0 Å². The van der Waals surface area contributed by atoms with Gasteiger partial charge in [-0.05, 0) is 179 Å². The Hall–Kier alpha value is -9.88. The molecule has 4 aliphatic carbocycles. The van der Waals surface area contributed by atoms with Crippen LogP contribution >= 0.6 is 0 Å². The fraction of sp³-hybridized carbons (Fsp3) is 0.0380. The number of allylic oxidation sites excluding steroid dienone is 7. The molecule has 0 aromatic heterocycles. The van der Waals surface area contributed by atoms with Crippen LogP contribution < -0.4 is 5.22 Å². The Kier molecular flexibility index (Phi) is 10.2. The maximum Gasteiger partial charge on any atom is 0.0212 e. The average Bonchev–Trinajstić information content (AvgIpc) is 3.55. The molecule has 0 fully saturated rings. The van der Waals surface area contributed by atoms with Gasteiger partial charge in [0.2, 0.25) is 0 Å². The molecule has 2 atom stereocenters. The number of rotatable bonds is 9. The van der Waals surface area contributed by atoms with Gasteiger partial charge in [-0.1, -0.05) is 274 Å². The average molecular weight is 1000 g/mol. The quantitative estimate of drug-likeness (QED) is 0.126. The van der Waals surface area contributed by atoms with Crippen LogP contribution in [0.5, 0.6) is 0 Å². The number of hydrogen-bond donors (Lipinski definition) is 0. The summed E-state index contributed by atoms with van der Waals surface area (Å²) in [5, 5.41) is 6.55. The Labute approximate surface area is 461 Å². The summed E-state index contributed by atoms with van der Waals surface area (Å²) in [5.41, 5.74) is 31.5. The summed E-state index contributed by atoms with van der Waals surface area (Å²) in [6.45, 7) is 7.19. The van der Waals surface area contributed by atoms with E-state index in [0.717, 1.165) is 11.1 Å². The van der Waals surface area contributed by atoms with Gasteiger partial charge in [0.15, 0.2) is 0 Å². The molecule has 4 aliphatic rings. The van der Waals surface area contributed by atoms with Crippen LogP contribution in [0.3, 0.4) is 0 Å². The van der Waals surface area contributed by atoms with Gasteiger partial charge in [-0.2, -0.15) is 0 Å². The van der Waals surface area contributed by atoms with Crippen molar-refractivity contribution in [2.24, 2.45) is 0 Å². The molecule has 0 spiro atoms. The molecule has 0 saturated carbocycles. The van der Waals surface area contributed by atoms with Gasteiger partial charge in [0, 0.05) is 11.8 Å². The highest BCUT2D eigenvalue weighted by Crippen LogP contribution is 2.65. The number of fused-ring (bicyclic) bond motifs is 8. The third-order valence-corrected chi connectivity index (χ3v) is 17.7. The van der Waals surface area contributed by atoms with Crippen molar-refractivity contribution in [2.45, 2.75) is 18.8 Å². The van der Waals surface area contributed by atoms with E-state index in [9.17, 15) is 0 Å². The Morgan fingerprint density at radius 1 is 0.367 bits per heavy atom. The van der Waals surface area contributed by atoms with Crippen LogP contribution in [-0.2, 0) is 0 Å². The third-order valence-electron chi connectivity index (χ3n) is 17.7. The fourth-order valence-corrected chi connectivity index (χ4v) is 14.5. The van der Waals surface area contributed by atoms with Gasteiger partial charge in [-0.3, -0.25) is 0 Å². The fourth-order valence-electron chi connectivity index (χ4n) is 14.5. The summed E-state index contributed by atoms with van der Waals surface area (Å²) in [5.74, 6) is 0.0918. The monoisotopic (exact) mass is 1000 g/mol. The minimum absolute atomic E-state index is 0.0357. The second-order valence-corrected chi connectivity index (χ2v) is 21.6. The Morgan fingerprint density at radius 3 is 1.41 bits per heavy atom. The predicted octanol–water partition coefficient (Wildman–Crippen LogP) is 20.5. The molecule has 16 rings (SSSR count). The minimum atomic E-state index is 0.0357. The first-order valence-corrected chi connectivity index (χ1v) is 27.8. The number of benzene rings is 12. The van der Waals surface area contributed by atoms with Gasteiger partial charge >= 0.3 is 0 Å². The predicted molar refractivity (Wildman–Crippen MR) is 335 cm³/mol. The highest BCUT2D eigenvalue weighted by molar-refractivity contribution is 6.33. The zero-order valence-electron chi connectivity index (χ0n) is 43.8. The Balaban J connectivity index is 1.10. The largest absolute Gasteiger partial charge is 0.0905 e. The molecule has 0 nitrogen and oxygen atoms in total. The SMILES string of the molecule is C=C(/C(=C\C)C1=CC2c3c(-c4ccccc4)ccc(-c4ccccc4)c3C3=CC=c4c(c1c1ccc5c6c(cc(-c7ccccc7-c7ccccc7)c4c16)-c1c(-c4ccccc4)ccc(-c4ccccc4)c1-5)C32)c1ccccc1. The maximum absolute atomic E-state index is 4.98. The lowest BCUT2D eigenvalue weighted by molar-refractivity contribution is 0.774. The van der Waals surface area contributed by atoms with Crippen molar-refractivity contribution in [2.75, 3.05) is 0 Å². The van der Waals surface area contributed by atoms with Gasteiger partial charge in [0.1, 0.15) is 0 Å². The molecule has 2 unspecified atom stereocenters. The molecule has 12 aromatic rings. The van der Waals surface area contributed by atoms with E-state index in [1.807, 2.05) is 0 Å². The van der Waals surface area contributed by atoms with Gasteiger partial charge in [0.25, 0.3) is 0 Å². The highest BCUT2D eigenvalue weighted by Gasteiger charge is 2.47. The van der Waals surface area contributed by atoms with Crippen LogP contribution in [0.15, 0.2) is 279 Å². The van der Waals surface area contributed by atoms with E-state index >= 15 is 0 Å². The van der Waals surface area contributed by atoms with Gasteiger partial charge in [-0.25, -0.2) is 0 Å². The molecule has 0 heterocycles. The van der Waals surface area contributed by atoms with Gasteiger partial charge in [0.05, 0.1) is 0 Å². The van der Waals surface area contributed by atoms with E-state index < -0.39 is 0 Å². The minimum Gasteiger partial charge on any atom is -0.0905 e. The summed E-state index contributed by atoms with van der Waals surface area (Å²) < 4.78 is 0. The molecule has 12 aromatic carbocycles. The zero-order valence-corrected chi connectivity index (χ0v) is 43.8. The van der Waals surface area contributed by atoms with Gasteiger partial charge < -0.3 is 0 Å². The second-order valence-electron chi connectivity index (χ2n) is 21.6. The Morgan fingerprint density at radius 2 is 0.835 bits per heavy atom. The standard InChI is InChI=1S/C79H52/c1-3-55(48(2)49-24-10-4-11-25-49)66-46-68-72-59(53-32-18-8-19-33-53)40-38-57(51-28-14-6-15-29-51)70(72)62-43-45-65-75-67(61-37-23-22-36-56(61)50-26-12-5-13-27-50)47-69-73-60(54-34-20-9-21-35-54)41-39-58(52-30-16-7-17-31-52)71(73)63-42-44-64(79(75)77(63)69)74(66)78(65)76(62)68/h3-47,68,76H,2H2,1H3/b55-3+. The first-order chi connectivity index (χ1) is 39.1. The zero-order chi connectivity index (χ0) is 52.3. The van der Waals surface area contributed by atoms with E-state index in [1.54, 1.807) is 0 Å². The summed E-state index contributed by atoms with van der Waals surface area (Å²) in [6.07, 6.45) is 10.1. The Bertz CT molecular complexity index is 4670. The molecule has 0 heteroatoms. The molecule has 79 heavy (non-hydrogen) atoms. The van der Waals surface area contributed by atoms with Crippen molar-refractivity contribution in [3.8, 4) is 89.0 Å². The summed E-state index contributed by atoms with van der Waals surface area (Å²) in [7, 11) is 0. The first-order valence-electron chi connectivity index (χ1n) is 27.8. The van der Waals surface area contributed by atoms with Crippen LogP contribution in [0.4, 0.5) is 0 Å². The third kappa shape index (κ3) is 6.68. The molecule has 0 N–H and O–H groups in total. The lowest BCUT2D eigenvalue weighted by Gasteiger charge is -2.35. The van der Waals surface area contributed by atoms with Crippen LogP contribution in [-0.4, -0.2) is 0 Å². The van der Waals surface area contributed by atoms with Crippen LogP contribution in [0.2, 0.25) is 0 Å². The van der Waals surface area contributed by atoms with Crippen LogP contribution in [0, 0.1) is 0 Å². The van der Waals surface area contributed by atoms with Crippen molar-refractivity contribution in [1.29, 1.82) is 0 Å². The topological polar surface area (TPSA) is 0 Å². The van der Waals surface area contributed by atoms with E-state index in [0.29, 0.717) is 0 Å². The molecule has 0 aliphatic heterocycles. The molecule has 0 bridgehead atoms. The summed E-state index contributed by atoms with van der Waals surface area (Å²) >= 11 is 0. The van der Waals surface area contributed by atoms with Gasteiger partial charge in [-0.15, -0.1) is 0 Å². The summed E-state index contributed by atoms with van der Waals surface area (Å²) in [4.78, 5) is 0. The molecule has 368 valence electrons. The van der Waals surface area contributed by atoms with Crippen LogP contribution in [0.1, 0.15) is 46.6 Å². The maximum atomic E-state index is 4.98. The van der Waals surface area contributed by atoms with E-state index in [-0.39, 0.29) is 11.8 Å². The van der Waals surface area contributed by atoms with Crippen molar-refractivity contribution >= 4 is 44.3 Å². The summed E-state index contributed by atoms with van der Waals surface area (Å²) in [6, 6.07) is 92.3. The van der Waals surface area contributed by atoms with Crippen molar-refractivity contribution in [1.82, 2.24) is 0 Å². The molecular formula is C79H52.